The second kappa shape index (κ2) is 13.7. The van der Waals surface area contributed by atoms with Crippen molar-refractivity contribution in [3.05, 3.63) is 0 Å². The Labute approximate surface area is 143 Å². The van der Waals surface area contributed by atoms with Gasteiger partial charge in [0.05, 0.1) is 0 Å². The van der Waals surface area contributed by atoms with E-state index in [-0.39, 0.29) is 0 Å². The third kappa shape index (κ3) is 9.43. The highest BCUT2D eigenvalue weighted by Crippen LogP contribution is 2.09. The van der Waals surface area contributed by atoms with Crippen molar-refractivity contribution in [1.82, 2.24) is 15.0 Å². The maximum atomic E-state index is 5.39. The summed E-state index contributed by atoms with van der Waals surface area (Å²) in [5.41, 5.74) is 0. The molecule has 0 amide bonds. The minimum atomic E-state index is 0.343. The fourth-order valence-corrected chi connectivity index (χ4v) is 1.61. The van der Waals surface area contributed by atoms with E-state index < -0.39 is 0 Å². The van der Waals surface area contributed by atoms with Crippen LogP contribution in [-0.4, -0.2) is 55.0 Å². The summed E-state index contributed by atoms with van der Waals surface area (Å²) in [4.78, 5) is 12.9. The zero-order valence-corrected chi connectivity index (χ0v) is 14.9. The molecule has 9 heteroatoms. The monoisotopic (exact) mass is 342 g/mol. The van der Waals surface area contributed by atoms with Gasteiger partial charge in [0.2, 0.25) is 17.8 Å². The number of hydrogen-bond acceptors (Lipinski definition) is 9. The molecule has 0 aromatic carbocycles. The van der Waals surface area contributed by atoms with Crippen molar-refractivity contribution in [1.29, 1.82) is 0 Å². The van der Waals surface area contributed by atoms with Crippen LogP contribution in [0.1, 0.15) is 40.0 Å². The standard InChI is InChI=1S/C15H30N6O3/c1-4-7-22-10-16-13-19-14(17-11-23-8-5-2)21-15(20-13)18-12-24-9-6-3/h4-12H2,1-3H3,(H3,16,17,18,19,20,21). The van der Waals surface area contributed by atoms with E-state index in [2.05, 4.69) is 51.7 Å². The molecular weight excluding hydrogens is 312 g/mol. The Morgan fingerprint density at radius 3 is 1.12 bits per heavy atom. The van der Waals surface area contributed by atoms with Gasteiger partial charge >= 0.3 is 0 Å². The van der Waals surface area contributed by atoms with Gasteiger partial charge in [0, 0.05) is 19.8 Å². The van der Waals surface area contributed by atoms with Crippen molar-refractivity contribution in [2.45, 2.75) is 40.0 Å². The van der Waals surface area contributed by atoms with Crippen molar-refractivity contribution in [2.75, 3.05) is 56.0 Å². The smallest absolute Gasteiger partial charge is 0.231 e. The molecule has 1 aromatic rings. The lowest BCUT2D eigenvalue weighted by Gasteiger charge is -2.11. The van der Waals surface area contributed by atoms with Gasteiger partial charge in [-0.25, -0.2) is 0 Å². The molecule has 0 spiro atoms. The Bertz CT molecular complexity index is 361. The maximum absolute atomic E-state index is 5.39. The second-order valence-corrected chi connectivity index (χ2v) is 4.99. The molecule has 0 fully saturated rings. The molecule has 3 N–H and O–H groups in total. The number of ether oxygens (including phenoxy) is 3. The van der Waals surface area contributed by atoms with E-state index in [0.29, 0.717) is 57.9 Å². The normalized spacial score (nSPS) is 10.6. The minimum Gasteiger partial charge on any atom is -0.361 e. The van der Waals surface area contributed by atoms with Crippen LogP contribution in [0.4, 0.5) is 17.8 Å². The van der Waals surface area contributed by atoms with Crippen molar-refractivity contribution in [3.63, 3.8) is 0 Å². The number of rotatable bonds is 15. The highest BCUT2D eigenvalue weighted by molar-refractivity contribution is 5.41. The first-order chi connectivity index (χ1) is 11.8. The highest BCUT2D eigenvalue weighted by Gasteiger charge is 2.06. The Morgan fingerprint density at radius 1 is 0.583 bits per heavy atom. The highest BCUT2D eigenvalue weighted by atomic mass is 16.5. The summed E-state index contributed by atoms with van der Waals surface area (Å²) in [6.07, 6.45) is 2.88. The van der Waals surface area contributed by atoms with Crippen LogP contribution in [0.25, 0.3) is 0 Å². The molecule has 0 saturated heterocycles. The largest absolute Gasteiger partial charge is 0.361 e. The van der Waals surface area contributed by atoms with Gasteiger partial charge in [-0.1, -0.05) is 20.8 Å². The van der Waals surface area contributed by atoms with Crippen LogP contribution < -0.4 is 16.0 Å². The molecule has 9 nitrogen and oxygen atoms in total. The van der Waals surface area contributed by atoms with E-state index in [1.807, 2.05) is 0 Å². The molecular formula is C15H30N6O3. The van der Waals surface area contributed by atoms with Gasteiger partial charge in [-0.15, -0.1) is 0 Å². The van der Waals surface area contributed by atoms with E-state index in [9.17, 15) is 0 Å². The van der Waals surface area contributed by atoms with E-state index in [1.54, 1.807) is 0 Å². The lowest BCUT2D eigenvalue weighted by Crippen LogP contribution is -2.17. The van der Waals surface area contributed by atoms with Crippen LogP contribution in [-0.2, 0) is 14.2 Å². The summed E-state index contributed by atoms with van der Waals surface area (Å²) in [6.45, 7) is 9.25. The zero-order chi connectivity index (χ0) is 17.5. The molecule has 0 atom stereocenters. The third-order valence-electron chi connectivity index (χ3n) is 2.68. The summed E-state index contributed by atoms with van der Waals surface area (Å²) < 4.78 is 16.2. The summed E-state index contributed by atoms with van der Waals surface area (Å²) in [5.74, 6) is 1.28. The summed E-state index contributed by atoms with van der Waals surface area (Å²) in [7, 11) is 0. The van der Waals surface area contributed by atoms with E-state index in [4.69, 9.17) is 14.2 Å². The van der Waals surface area contributed by atoms with Crippen LogP contribution >= 0.6 is 0 Å². The van der Waals surface area contributed by atoms with Crippen LogP contribution in [0.15, 0.2) is 0 Å². The Morgan fingerprint density at radius 2 is 0.875 bits per heavy atom. The first-order valence-electron chi connectivity index (χ1n) is 8.51. The molecule has 1 aromatic heterocycles. The number of aromatic nitrogens is 3. The number of nitrogens with one attached hydrogen (secondary N) is 3. The molecule has 0 bridgehead atoms. The first kappa shape index (κ1) is 20.3. The number of nitrogens with zero attached hydrogens (tertiary/aromatic N) is 3. The molecule has 0 aliphatic carbocycles. The molecule has 24 heavy (non-hydrogen) atoms. The average molecular weight is 342 g/mol. The van der Waals surface area contributed by atoms with Crippen LogP contribution in [0.5, 0.6) is 0 Å². The van der Waals surface area contributed by atoms with Gasteiger partial charge in [-0.3, -0.25) is 0 Å². The lowest BCUT2D eigenvalue weighted by molar-refractivity contribution is 0.151. The molecule has 0 unspecified atom stereocenters. The predicted octanol–water partition coefficient (Wildman–Crippen LogP) is 2.26. The Balaban J connectivity index is 2.58. The predicted molar refractivity (Wildman–Crippen MR) is 94.0 cm³/mol. The van der Waals surface area contributed by atoms with E-state index in [1.165, 1.54) is 0 Å². The average Bonchev–Trinajstić information content (AvgIpc) is 2.59. The van der Waals surface area contributed by atoms with E-state index >= 15 is 0 Å². The zero-order valence-electron chi connectivity index (χ0n) is 14.9. The Kier molecular flexibility index (Phi) is 11.6. The van der Waals surface area contributed by atoms with E-state index in [0.717, 1.165) is 19.3 Å². The molecule has 0 aliphatic rings. The van der Waals surface area contributed by atoms with Gasteiger partial charge in [-0.05, 0) is 19.3 Å². The van der Waals surface area contributed by atoms with Gasteiger partial charge in [0.1, 0.15) is 20.2 Å². The molecule has 0 saturated carbocycles. The minimum absolute atomic E-state index is 0.343. The second-order valence-electron chi connectivity index (χ2n) is 4.99. The maximum Gasteiger partial charge on any atom is 0.231 e. The molecule has 1 rings (SSSR count). The molecule has 1 heterocycles. The summed E-state index contributed by atoms with van der Waals surface area (Å²) in [5, 5.41) is 9.05. The number of hydrogen-bond donors (Lipinski definition) is 3. The molecule has 0 radical (unpaired) electrons. The first-order valence-corrected chi connectivity index (χ1v) is 8.51. The van der Waals surface area contributed by atoms with Gasteiger partial charge < -0.3 is 30.2 Å². The summed E-state index contributed by atoms with van der Waals surface area (Å²) in [6, 6.07) is 0. The van der Waals surface area contributed by atoms with Crippen LogP contribution in [0, 0.1) is 0 Å². The SMILES string of the molecule is CCCOCNc1nc(NCOCCC)nc(NCOCCC)n1. The van der Waals surface area contributed by atoms with Gasteiger partial charge in [0.25, 0.3) is 0 Å². The van der Waals surface area contributed by atoms with Crippen molar-refractivity contribution >= 4 is 17.8 Å². The molecule has 138 valence electrons. The third-order valence-corrected chi connectivity index (χ3v) is 2.68. The quantitative estimate of drug-likeness (QED) is 0.327. The van der Waals surface area contributed by atoms with Gasteiger partial charge in [0.15, 0.2) is 0 Å². The lowest BCUT2D eigenvalue weighted by atomic mass is 10.5. The molecule has 0 aliphatic heterocycles. The van der Waals surface area contributed by atoms with Crippen LogP contribution in [0.2, 0.25) is 0 Å². The fourth-order valence-electron chi connectivity index (χ4n) is 1.61. The van der Waals surface area contributed by atoms with Crippen molar-refractivity contribution in [2.24, 2.45) is 0 Å². The Hall–Kier alpha value is -1.71. The van der Waals surface area contributed by atoms with Crippen molar-refractivity contribution in [3.8, 4) is 0 Å². The summed E-state index contributed by atoms with van der Waals surface area (Å²) >= 11 is 0. The fraction of sp³-hybridized carbons (Fsp3) is 0.800. The topological polar surface area (TPSA) is 102 Å². The van der Waals surface area contributed by atoms with Crippen LogP contribution in [0.3, 0.4) is 0 Å². The van der Waals surface area contributed by atoms with Crippen molar-refractivity contribution < 1.29 is 14.2 Å². The number of anilines is 3. The van der Waals surface area contributed by atoms with Gasteiger partial charge in [-0.2, -0.15) is 15.0 Å².